The average Bonchev–Trinajstić information content (AvgIpc) is 3.29. The number of hydrogen-bond acceptors (Lipinski definition) is 3. The summed E-state index contributed by atoms with van der Waals surface area (Å²) in [6.07, 6.45) is 4.34. The Balaban J connectivity index is 1.42. The number of aromatic amines is 1. The maximum absolute atomic E-state index is 12.5. The van der Waals surface area contributed by atoms with Crippen LogP contribution in [0.15, 0.2) is 36.5 Å². The number of carbonyl (C=O) groups excluding carboxylic acids is 1. The van der Waals surface area contributed by atoms with E-state index in [2.05, 4.69) is 27.1 Å². The lowest BCUT2D eigenvalue weighted by molar-refractivity contribution is 0.0951. The number of carbonyl (C=O) groups is 1. The first kappa shape index (κ1) is 16.6. The van der Waals surface area contributed by atoms with Crippen LogP contribution in [-0.4, -0.2) is 29.0 Å². The molecule has 26 heavy (non-hydrogen) atoms. The van der Waals surface area contributed by atoms with E-state index >= 15 is 0 Å². The van der Waals surface area contributed by atoms with E-state index < -0.39 is 0 Å². The highest BCUT2D eigenvalue weighted by atomic mass is 16.1. The van der Waals surface area contributed by atoms with Crippen molar-refractivity contribution in [1.82, 2.24) is 15.3 Å². The highest BCUT2D eigenvalue weighted by molar-refractivity contribution is 5.99. The fourth-order valence-corrected chi connectivity index (χ4v) is 3.54. The monoisotopic (exact) mass is 348 g/mol. The van der Waals surface area contributed by atoms with Crippen LogP contribution < -0.4 is 10.2 Å². The molecule has 4 rings (SSSR count). The molecule has 0 bridgehead atoms. The van der Waals surface area contributed by atoms with Gasteiger partial charge in [0.05, 0.1) is 0 Å². The molecule has 0 atom stereocenters. The van der Waals surface area contributed by atoms with Crippen LogP contribution in [0.4, 0.5) is 5.82 Å². The molecule has 0 spiro atoms. The Morgan fingerprint density at radius 2 is 2.00 bits per heavy atom. The Morgan fingerprint density at radius 1 is 1.19 bits per heavy atom. The highest BCUT2D eigenvalue weighted by Crippen LogP contribution is 2.22. The van der Waals surface area contributed by atoms with Crippen LogP contribution in [0.5, 0.6) is 0 Å². The van der Waals surface area contributed by atoms with Crippen LogP contribution >= 0.6 is 0 Å². The topological polar surface area (TPSA) is 61.0 Å². The predicted molar refractivity (Wildman–Crippen MR) is 105 cm³/mol. The van der Waals surface area contributed by atoms with Crippen molar-refractivity contribution in [3.63, 3.8) is 0 Å². The number of aromatic nitrogens is 2. The SMILES string of the molecule is Cc1[nH]c2ccc(C(=O)NCc3ccc(N4CCCC4)nc3)cc2c1C. The van der Waals surface area contributed by atoms with Crippen molar-refractivity contribution >= 4 is 22.6 Å². The lowest BCUT2D eigenvalue weighted by Gasteiger charge is -2.16. The normalized spacial score (nSPS) is 14.2. The second-order valence-corrected chi connectivity index (χ2v) is 7.04. The van der Waals surface area contributed by atoms with E-state index in [1.807, 2.05) is 43.5 Å². The molecule has 2 N–H and O–H groups in total. The zero-order valence-electron chi connectivity index (χ0n) is 15.3. The lowest BCUT2D eigenvalue weighted by atomic mass is 10.1. The number of benzene rings is 1. The Morgan fingerprint density at radius 3 is 2.73 bits per heavy atom. The molecule has 1 aromatic carbocycles. The van der Waals surface area contributed by atoms with Crippen molar-refractivity contribution in [2.24, 2.45) is 0 Å². The van der Waals surface area contributed by atoms with Gasteiger partial charge in [-0.05, 0) is 62.1 Å². The quantitative estimate of drug-likeness (QED) is 0.755. The van der Waals surface area contributed by atoms with Crippen molar-refractivity contribution in [2.75, 3.05) is 18.0 Å². The summed E-state index contributed by atoms with van der Waals surface area (Å²) >= 11 is 0. The van der Waals surface area contributed by atoms with Crippen molar-refractivity contribution in [2.45, 2.75) is 33.2 Å². The highest BCUT2D eigenvalue weighted by Gasteiger charge is 2.13. The van der Waals surface area contributed by atoms with E-state index in [4.69, 9.17) is 0 Å². The van der Waals surface area contributed by atoms with Gasteiger partial charge < -0.3 is 15.2 Å². The molecule has 1 saturated heterocycles. The molecule has 1 aliphatic rings. The summed E-state index contributed by atoms with van der Waals surface area (Å²) < 4.78 is 0. The van der Waals surface area contributed by atoms with Gasteiger partial charge >= 0.3 is 0 Å². The minimum atomic E-state index is -0.0613. The van der Waals surface area contributed by atoms with E-state index in [-0.39, 0.29) is 5.91 Å². The van der Waals surface area contributed by atoms with Crippen LogP contribution in [-0.2, 0) is 6.54 Å². The van der Waals surface area contributed by atoms with Gasteiger partial charge in [0.25, 0.3) is 5.91 Å². The van der Waals surface area contributed by atoms with Crippen molar-refractivity contribution in [3.8, 4) is 0 Å². The molecule has 5 heteroatoms. The molecule has 0 saturated carbocycles. The second-order valence-electron chi connectivity index (χ2n) is 7.04. The molecule has 1 fully saturated rings. The summed E-state index contributed by atoms with van der Waals surface area (Å²) in [6.45, 7) is 6.78. The smallest absolute Gasteiger partial charge is 0.251 e. The third kappa shape index (κ3) is 3.17. The van der Waals surface area contributed by atoms with Gasteiger partial charge in [-0.2, -0.15) is 0 Å². The van der Waals surface area contributed by atoms with E-state index in [1.54, 1.807) is 0 Å². The molecular formula is C21H24N4O. The first-order chi connectivity index (χ1) is 12.6. The van der Waals surface area contributed by atoms with Crippen LogP contribution in [0, 0.1) is 13.8 Å². The van der Waals surface area contributed by atoms with E-state index in [9.17, 15) is 4.79 Å². The summed E-state index contributed by atoms with van der Waals surface area (Å²) in [4.78, 5) is 22.7. The van der Waals surface area contributed by atoms with E-state index in [0.29, 0.717) is 12.1 Å². The maximum Gasteiger partial charge on any atom is 0.251 e. The number of nitrogens with zero attached hydrogens (tertiary/aromatic N) is 2. The number of rotatable bonds is 4. The fraction of sp³-hybridized carbons (Fsp3) is 0.333. The summed E-state index contributed by atoms with van der Waals surface area (Å²) in [7, 11) is 0. The Bertz CT molecular complexity index is 937. The fourth-order valence-electron chi connectivity index (χ4n) is 3.54. The predicted octanol–water partition coefficient (Wildman–Crippen LogP) is 3.71. The molecule has 3 heterocycles. The third-order valence-electron chi connectivity index (χ3n) is 5.26. The molecule has 2 aromatic heterocycles. The van der Waals surface area contributed by atoms with Crippen LogP contribution in [0.2, 0.25) is 0 Å². The van der Waals surface area contributed by atoms with E-state index in [0.717, 1.165) is 41.1 Å². The van der Waals surface area contributed by atoms with Crippen LogP contribution in [0.3, 0.4) is 0 Å². The minimum Gasteiger partial charge on any atom is -0.358 e. The first-order valence-corrected chi connectivity index (χ1v) is 9.19. The molecule has 0 aliphatic carbocycles. The molecular weight excluding hydrogens is 324 g/mol. The third-order valence-corrected chi connectivity index (χ3v) is 5.26. The molecule has 0 radical (unpaired) electrons. The van der Waals surface area contributed by atoms with Gasteiger partial charge in [0.1, 0.15) is 5.82 Å². The first-order valence-electron chi connectivity index (χ1n) is 9.19. The zero-order chi connectivity index (χ0) is 18.1. The molecule has 134 valence electrons. The number of aryl methyl sites for hydroxylation is 2. The van der Waals surface area contributed by atoms with Gasteiger partial charge in [0, 0.05) is 48.0 Å². The van der Waals surface area contributed by atoms with Gasteiger partial charge in [-0.15, -0.1) is 0 Å². The Hall–Kier alpha value is -2.82. The average molecular weight is 348 g/mol. The Labute approximate surface area is 153 Å². The second kappa shape index (κ2) is 6.83. The van der Waals surface area contributed by atoms with E-state index in [1.165, 1.54) is 18.4 Å². The molecule has 1 amide bonds. The minimum absolute atomic E-state index is 0.0613. The number of nitrogens with one attached hydrogen (secondary N) is 2. The lowest BCUT2D eigenvalue weighted by Crippen LogP contribution is -2.23. The molecule has 1 aliphatic heterocycles. The zero-order valence-corrected chi connectivity index (χ0v) is 15.3. The molecule has 5 nitrogen and oxygen atoms in total. The van der Waals surface area contributed by atoms with Crippen molar-refractivity contribution in [1.29, 1.82) is 0 Å². The number of fused-ring (bicyclic) bond motifs is 1. The maximum atomic E-state index is 12.5. The number of anilines is 1. The largest absolute Gasteiger partial charge is 0.358 e. The van der Waals surface area contributed by atoms with Crippen LogP contribution in [0.25, 0.3) is 10.9 Å². The summed E-state index contributed by atoms with van der Waals surface area (Å²) in [5.74, 6) is 0.968. The number of pyridine rings is 1. The van der Waals surface area contributed by atoms with Gasteiger partial charge in [-0.1, -0.05) is 6.07 Å². The van der Waals surface area contributed by atoms with Gasteiger partial charge in [0.2, 0.25) is 0 Å². The standard InChI is InChI=1S/C21H24N4O/c1-14-15(2)24-19-7-6-17(11-18(14)19)21(26)23-13-16-5-8-20(22-12-16)25-9-3-4-10-25/h5-8,11-12,24H,3-4,9-10,13H2,1-2H3,(H,23,26). The molecule has 3 aromatic rings. The van der Waals surface area contributed by atoms with Gasteiger partial charge in [-0.3, -0.25) is 4.79 Å². The number of H-pyrrole nitrogens is 1. The van der Waals surface area contributed by atoms with Crippen molar-refractivity contribution < 1.29 is 4.79 Å². The van der Waals surface area contributed by atoms with Crippen LogP contribution in [0.1, 0.15) is 40.0 Å². The molecule has 0 unspecified atom stereocenters. The number of hydrogen-bond donors (Lipinski definition) is 2. The summed E-state index contributed by atoms with van der Waals surface area (Å²) in [5.41, 5.74) is 5.09. The van der Waals surface area contributed by atoms with Crippen molar-refractivity contribution in [3.05, 3.63) is 58.9 Å². The Kier molecular flexibility index (Phi) is 4.37. The van der Waals surface area contributed by atoms with Gasteiger partial charge in [-0.25, -0.2) is 4.98 Å². The summed E-state index contributed by atoms with van der Waals surface area (Å²) in [6, 6.07) is 9.88. The number of amides is 1. The van der Waals surface area contributed by atoms with Gasteiger partial charge in [0.15, 0.2) is 0 Å². The summed E-state index contributed by atoms with van der Waals surface area (Å²) in [5, 5.41) is 4.10.